The van der Waals surface area contributed by atoms with Crippen molar-refractivity contribution in [1.82, 2.24) is 0 Å². The zero-order chi connectivity index (χ0) is 6.15. The van der Waals surface area contributed by atoms with Gasteiger partial charge in [0.05, 0.1) is 12.0 Å². The lowest BCUT2D eigenvalue weighted by atomic mass is 10.3. The first-order valence-electron chi connectivity index (χ1n) is 2.43. The highest BCUT2D eigenvalue weighted by atomic mass is 19.3. The normalized spacial score (nSPS) is 34.8. The molecule has 3 heteroatoms. The highest BCUT2D eigenvalue weighted by Crippen LogP contribution is 2.42. The lowest BCUT2D eigenvalue weighted by Crippen LogP contribution is -1.93. The molecule has 0 radical (unpaired) electrons. The average Bonchev–Trinajstić information content (AvgIpc) is 2.42. The summed E-state index contributed by atoms with van der Waals surface area (Å²) < 4.78 is 23.0. The third-order valence-electron chi connectivity index (χ3n) is 1.33. The minimum atomic E-state index is -2.28. The molecular weight excluding hydrogens is 112 g/mol. The number of halogens is 2. The van der Waals surface area contributed by atoms with Crippen LogP contribution in [0.5, 0.6) is 0 Å². The molecular formula is C5H5F2N. The van der Waals surface area contributed by atoms with E-state index in [1.165, 1.54) is 0 Å². The van der Waals surface area contributed by atoms with E-state index in [0.717, 1.165) is 0 Å². The van der Waals surface area contributed by atoms with E-state index in [2.05, 4.69) is 0 Å². The number of hydrogen-bond donors (Lipinski definition) is 0. The van der Waals surface area contributed by atoms with E-state index < -0.39 is 12.3 Å². The summed E-state index contributed by atoms with van der Waals surface area (Å²) in [5.74, 6) is -0.963. The van der Waals surface area contributed by atoms with Gasteiger partial charge < -0.3 is 0 Å². The van der Waals surface area contributed by atoms with Gasteiger partial charge in [0.2, 0.25) is 6.43 Å². The Hall–Kier alpha value is -0.650. The van der Waals surface area contributed by atoms with Gasteiger partial charge in [-0.25, -0.2) is 8.78 Å². The fourth-order valence-electron chi connectivity index (χ4n) is 0.642. The minimum Gasteiger partial charge on any atom is -0.210 e. The van der Waals surface area contributed by atoms with Gasteiger partial charge in [-0.3, -0.25) is 0 Å². The lowest BCUT2D eigenvalue weighted by Gasteiger charge is -1.87. The van der Waals surface area contributed by atoms with Gasteiger partial charge in [-0.05, 0) is 6.42 Å². The summed E-state index contributed by atoms with van der Waals surface area (Å²) in [6.45, 7) is 0. The van der Waals surface area contributed by atoms with Crippen LogP contribution in [0, 0.1) is 23.2 Å². The fourth-order valence-corrected chi connectivity index (χ4v) is 0.642. The number of alkyl halides is 2. The van der Waals surface area contributed by atoms with Crippen LogP contribution in [0.4, 0.5) is 8.78 Å². The van der Waals surface area contributed by atoms with E-state index >= 15 is 0 Å². The molecule has 0 N–H and O–H groups in total. The summed E-state index contributed by atoms with van der Waals surface area (Å²) in [6, 6.07) is 1.79. The van der Waals surface area contributed by atoms with Crippen molar-refractivity contribution < 1.29 is 8.78 Å². The van der Waals surface area contributed by atoms with Gasteiger partial charge in [0.25, 0.3) is 0 Å². The van der Waals surface area contributed by atoms with Crippen LogP contribution in [-0.2, 0) is 0 Å². The Kier molecular flexibility index (Phi) is 1.16. The zero-order valence-electron chi connectivity index (χ0n) is 4.14. The molecule has 0 aromatic carbocycles. The molecule has 0 aromatic rings. The molecule has 1 rings (SSSR count). The van der Waals surface area contributed by atoms with Gasteiger partial charge >= 0.3 is 0 Å². The molecule has 1 fully saturated rings. The maximum atomic E-state index is 11.5. The van der Waals surface area contributed by atoms with Crippen LogP contribution in [0.1, 0.15) is 6.42 Å². The third kappa shape index (κ3) is 0.786. The van der Waals surface area contributed by atoms with Crippen molar-refractivity contribution in [2.24, 2.45) is 11.8 Å². The maximum Gasteiger partial charge on any atom is 0.242 e. The lowest BCUT2D eigenvalue weighted by molar-refractivity contribution is 0.119. The van der Waals surface area contributed by atoms with E-state index in [1.54, 1.807) is 6.07 Å². The molecule has 1 aliphatic carbocycles. The highest BCUT2D eigenvalue weighted by molar-refractivity contribution is 5.02. The van der Waals surface area contributed by atoms with Crippen LogP contribution in [0.25, 0.3) is 0 Å². The van der Waals surface area contributed by atoms with Crippen molar-refractivity contribution in [1.29, 1.82) is 5.26 Å². The zero-order valence-corrected chi connectivity index (χ0v) is 4.14. The van der Waals surface area contributed by atoms with Crippen molar-refractivity contribution in [2.75, 3.05) is 0 Å². The molecule has 0 amide bonds. The molecule has 0 bridgehead atoms. The van der Waals surface area contributed by atoms with Crippen LogP contribution in [0.2, 0.25) is 0 Å². The van der Waals surface area contributed by atoms with Gasteiger partial charge in [0.1, 0.15) is 0 Å². The summed E-state index contributed by atoms with van der Waals surface area (Å²) in [5, 5.41) is 8.04. The molecule has 8 heavy (non-hydrogen) atoms. The van der Waals surface area contributed by atoms with E-state index in [1.807, 2.05) is 0 Å². The molecule has 1 saturated carbocycles. The Morgan fingerprint density at radius 2 is 2.25 bits per heavy atom. The van der Waals surface area contributed by atoms with Crippen molar-refractivity contribution in [3.63, 3.8) is 0 Å². The molecule has 0 heterocycles. The van der Waals surface area contributed by atoms with Crippen LogP contribution >= 0.6 is 0 Å². The van der Waals surface area contributed by atoms with Crippen molar-refractivity contribution >= 4 is 0 Å². The summed E-state index contributed by atoms with van der Waals surface area (Å²) in [5.41, 5.74) is 0. The number of nitrogens with zero attached hydrogens (tertiary/aromatic N) is 1. The van der Waals surface area contributed by atoms with Gasteiger partial charge in [-0.1, -0.05) is 0 Å². The first-order chi connectivity index (χ1) is 3.75. The maximum absolute atomic E-state index is 11.5. The molecule has 0 saturated heterocycles. The quantitative estimate of drug-likeness (QED) is 0.509. The predicted octanol–water partition coefficient (Wildman–Crippen LogP) is 1.41. The molecule has 1 aliphatic rings. The molecule has 0 aliphatic heterocycles. The monoisotopic (exact) mass is 117 g/mol. The standard InChI is InChI=1S/C5H5F2N/c6-5(7)4-1-3(4)2-8/h3-5H,1H2. The second-order valence-corrected chi connectivity index (χ2v) is 1.97. The highest BCUT2D eigenvalue weighted by Gasteiger charge is 2.44. The van der Waals surface area contributed by atoms with Crippen molar-refractivity contribution in [3.8, 4) is 6.07 Å². The number of hydrogen-bond acceptors (Lipinski definition) is 1. The third-order valence-corrected chi connectivity index (χ3v) is 1.33. The summed E-state index contributed by atoms with van der Waals surface area (Å²) in [7, 11) is 0. The molecule has 0 aromatic heterocycles. The summed E-state index contributed by atoms with van der Waals surface area (Å²) in [6.07, 6.45) is -1.88. The van der Waals surface area contributed by atoms with Crippen LogP contribution in [-0.4, -0.2) is 6.43 Å². The average molecular weight is 117 g/mol. The van der Waals surface area contributed by atoms with Gasteiger partial charge in [0, 0.05) is 5.92 Å². The summed E-state index contributed by atoms with van der Waals surface area (Å²) >= 11 is 0. The molecule has 2 unspecified atom stereocenters. The van der Waals surface area contributed by atoms with Gasteiger partial charge in [-0.15, -0.1) is 0 Å². The predicted molar refractivity (Wildman–Crippen MR) is 23.2 cm³/mol. The topological polar surface area (TPSA) is 23.8 Å². The Morgan fingerprint density at radius 3 is 2.38 bits per heavy atom. The summed E-state index contributed by atoms with van der Waals surface area (Å²) in [4.78, 5) is 0. The Morgan fingerprint density at radius 1 is 1.62 bits per heavy atom. The number of nitriles is 1. The van der Waals surface area contributed by atoms with E-state index in [4.69, 9.17) is 5.26 Å². The Balaban J connectivity index is 2.29. The van der Waals surface area contributed by atoms with E-state index in [9.17, 15) is 8.78 Å². The van der Waals surface area contributed by atoms with E-state index in [-0.39, 0.29) is 5.92 Å². The Labute approximate surface area is 45.9 Å². The SMILES string of the molecule is N#CC1CC1C(F)F. The van der Waals surface area contributed by atoms with Crippen molar-refractivity contribution in [2.45, 2.75) is 12.8 Å². The molecule has 2 atom stereocenters. The molecule has 1 nitrogen and oxygen atoms in total. The van der Waals surface area contributed by atoms with Gasteiger partial charge in [-0.2, -0.15) is 5.26 Å². The van der Waals surface area contributed by atoms with Crippen LogP contribution < -0.4 is 0 Å². The molecule has 44 valence electrons. The van der Waals surface area contributed by atoms with Crippen LogP contribution in [0.15, 0.2) is 0 Å². The fraction of sp³-hybridized carbons (Fsp3) is 0.800. The second kappa shape index (κ2) is 1.70. The van der Waals surface area contributed by atoms with Gasteiger partial charge in [0.15, 0.2) is 0 Å². The van der Waals surface area contributed by atoms with E-state index in [0.29, 0.717) is 6.42 Å². The first kappa shape index (κ1) is 5.49. The van der Waals surface area contributed by atoms with Crippen LogP contribution in [0.3, 0.4) is 0 Å². The smallest absolute Gasteiger partial charge is 0.210 e. The Bertz CT molecular complexity index is 127. The minimum absolute atomic E-state index is 0.352. The largest absolute Gasteiger partial charge is 0.242 e. The number of rotatable bonds is 1. The first-order valence-corrected chi connectivity index (χ1v) is 2.43. The second-order valence-electron chi connectivity index (χ2n) is 1.97. The van der Waals surface area contributed by atoms with Crippen molar-refractivity contribution in [3.05, 3.63) is 0 Å². The molecule has 0 spiro atoms.